The van der Waals surface area contributed by atoms with E-state index in [1.54, 1.807) is 0 Å². The number of carbonyl (C=O) groups excluding carboxylic acids is 1. The number of nitrogens with zero attached hydrogens (tertiary/aromatic N) is 1. The number of hydrogen-bond donors (Lipinski definition) is 2. The topological polar surface area (TPSA) is 58.4 Å². The number of carbonyl (C=O) groups is 1. The Bertz CT molecular complexity index is 241. The van der Waals surface area contributed by atoms with Crippen molar-refractivity contribution in [3.05, 3.63) is 0 Å². The van der Waals surface area contributed by atoms with Crippen molar-refractivity contribution in [2.24, 2.45) is 11.7 Å². The van der Waals surface area contributed by atoms with Gasteiger partial charge in [0, 0.05) is 19.5 Å². The molecule has 0 aromatic rings. The van der Waals surface area contributed by atoms with Gasteiger partial charge in [0.2, 0.25) is 5.91 Å². The number of likely N-dealkylation sites (N-methyl/N-ethyl adjacent to an activating group) is 1. The van der Waals surface area contributed by atoms with Gasteiger partial charge in [0.25, 0.3) is 0 Å². The van der Waals surface area contributed by atoms with Gasteiger partial charge in [-0.15, -0.1) is 0 Å². The Labute approximate surface area is 96.2 Å². The third-order valence-corrected chi connectivity index (χ3v) is 2.64. The van der Waals surface area contributed by atoms with Crippen molar-refractivity contribution in [1.82, 2.24) is 10.2 Å². The maximum Gasteiger partial charge on any atom is 0.234 e. The minimum atomic E-state index is 0.0901. The van der Waals surface area contributed by atoms with E-state index in [2.05, 4.69) is 5.32 Å². The second kappa shape index (κ2) is 6.02. The smallest absolute Gasteiger partial charge is 0.234 e. The fourth-order valence-corrected chi connectivity index (χ4v) is 1.35. The molecule has 5 heteroatoms. The fourth-order valence-electron chi connectivity index (χ4n) is 1.26. The summed E-state index contributed by atoms with van der Waals surface area (Å²) in [6, 6.07) is 0. The molecule has 0 aliphatic heterocycles. The Morgan fingerprint density at radius 1 is 1.60 bits per heavy atom. The first-order valence-corrected chi connectivity index (χ1v) is 5.72. The number of rotatable bonds is 7. The highest BCUT2D eigenvalue weighted by atomic mass is 32.1. The molecule has 1 rings (SSSR count). The maximum atomic E-state index is 11.4. The molecule has 3 N–H and O–H groups in total. The predicted octanol–water partition coefficient (Wildman–Crippen LogP) is 0.121. The first-order valence-electron chi connectivity index (χ1n) is 5.31. The summed E-state index contributed by atoms with van der Waals surface area (Å²) in [6.45, 7) is 2.00. The Morgan fingerprint density at radius 3 is 2.80 bits per heavy atom. The van der Waals surface area contributed by atoms with E-state index in [1.807, 2.05) is 11.9 Å². The number of nitrogens with two attached hydrogens (primary N) is 1. The average molecular weight is 229 g/mol. The molecule has 0 bridgehead atoms. The van der Waals surface area contributed by atoms with Gasteiger partial charge in [-0.1, -0.05) is 12.2 Å². The standard InChI is InChI=1S/C10H19N3OS/c1-13(5-4-9(11)15)7-10(14)12-6-8-2-3-8/h8H,2-7H2,1H3,(H2,11,15)(H,12,14). The molecule has 1 fully saturated rings. The highest BCUT2D eigenvalue weighted by Crippen LogP contribution is 2.27. The molecule has 1 aliphatic rings. The summed E-state index contributed by atoms with van der Waals surface area (Å²) in [5, 5.41) is 2.92. The normalized spacial score (nSPS) is 15.3. The van der Waals surface area contributed by atoms with Crippen LogP contribution in [0.5, 0.6) is 0 Å². The SMILES string of the molecule is CN(CCC(N)=S)CC(=O)NCC1CC1. The van der Waals surface area contributed by atoms with E-state index in [4.69, 9.17) is 18.0 Å². The molecule has 1 amide bonds. The second-order valence-electron chi connectivity index (χ2n) is 4.20. The zero-order valence-corrected chi connectivity index (χ0v) is 9.98. The fraction of sp³-hybridized carbons (Fsp3) is 0.800. The van der Waals surface area contributed by atoms with Crippen LogP contribution in [-0.2, 0) is 4.79 Å². The molecule has 0 spiro atoms. The third-order valence-electron chi connectivity index (χ3n) is 2.44. The molecule has 0 unspecified atom stereocenters. The lowest BCUT2D eigenvalue weighted by Crippen LogP contribution is -2.37. The quantitative estimate of drug-likeness (QED) is 0.609. The Kier molecular flexibility index (Phi) is 4.98. The lowest BCUT2D eigenvalue weighted by atomic mass is 10.3. The van der Waals surface area contributed by atoms with Crippen molar-refractivity contribution in [3.8, 4) is 0 Å². The van der Waals surface area contributed by atoms with Gasteiger partial charge in [0.15, 0.2) is 0 Å². The monoisotopic (exact) mass is 229 g/mol. The molecule has 0 saturated heterocycles. The first kappa shape index (κ1) is 12.4. The summed E-state index contributed by atoms with van der Waals surface area (Å²) >= 11 is 4.77. The summed E-state index contributed by atoms with van der Waals surface area (Å²) in [6.07, 6.45) is 3.19. The third kappa shape index (κ3) is 6.41. The largest absolute Gasteiger partial charge is 0.393 e. The molecule has 86 valence electrons. The van der Waals surface area contributed by atoms with E-state index < -0.39 is 0 Å². The number of amides is 1. The summed E-state index contributed by atoms with van der Waals surface area (Å²) in [7, 11) is 1.90. The van der Waals surface area contributed by atoms with Crippen molar-refractivity contribution < 1.29 is 4.79 Å². The first-order chi connectivity index (χ1) is 7.08. The zero-order valence-electron chi connectivity index (χ0n) is 9.16. The van der Waals surface area contributed by atoms with Crippen LogP contribution in [0, 0.1) is 5.92 Å². The van der Waals surface area contributed by atoms with Crippen LogP contribution < -0.4 is 11.1 Å². The van der Waals surface area contributed by atoms with Crippen LogP contribution in [-0.4, -0.2) is 42.5 Å². The van der Waals surface area contributed by atoms with Gasteiger partial charge in [-0.3, -0.25) is 9.69 Å². The van der Waals surface area contributed by atoms with Crippen LogP contribution >= 0.6 is 12.2 Å². The van der Waals surface area contributed by atoms with Gasteiger partial charge < -0.3 is 11.1 Å². The molecular formula is C10H19N3OS. The summed E-state index contributed by atoms with van der Waals surface area (Å²) < 4.78 is 0. The van der Waals surface area contributed by atoms with Crippen LogP contribution in [0.3, 0.4) is 0 Å². The van der Waals surface area contributed by atoms with E-state index in [0.29, 0.717) is 18.0 Å². The highest BCUT2D eigenvalue weighted by Gasteiger charge is 2.21. The second-order valence-corrected chi connectivity index (χ2v) is 4.73. The molecule has 0 aromatic heterocycles. The summed E-state index contributed by atoms with van der Waals surface area (Å²) in [4.78, 5) is 13.8. The molecule has 1 saturated carbocycles. The van der Waals surface area contributed by atoms with Gasteiger partial charge >= 0.3 is 0 Å². The van der Waals surface area contributed by atoms with E-state index in [1.165, 1.54) is 12.8 Å². The van der Waals surface area contributed by atoms with Crippen LogP contribution in [0.25, 0.3) is 0 Å². The minimum Gasteiger partial charge on any atom is -0.393 e. The number of hydrogen-bond acceptors (Lipinski definition) is 3. The molecule has 4 nitrogen and oxygen atoms in total. The maximum absolute atomic E-state index is 11.4. The summed E-state index contributed by atoms with van der Waals surface area (Å²) in [5.41, 5.74) is 5.38. The minimum absolute atomic E-state index is 0.0901. The molecule has 15 heavy (non-hydrogen) atoms. The molecule has 0 heterocycles. The molecule has 0 radical (unpaired) electrons. The average Bonchev–Trinajstić information content (AvgIpc) is 2.95. The van der Waals surface area contributed by atoms with E-state index in [0.717, 1.165) is 19.0 Å². The van der Waals surface area contributed by atoms with Gasteiger partial charge in [-0.05, 0) is 25.8 Å². The van der Waals surface area contributed by atoms with Crippen molar-refractivity contribution in [2.45, 2.75) is 19.3 Å². The van der Waals surface area contributed by atoms with Crippen LogP contribution in [0.2, 0.25) is 0 Å². The molecular weight excluding hydrogens is 210 g/mol. The summed E-state index contributed by atoms with van der Waals surface area (Å²) in [5.74, 6) is 0.822. The van der Waals surface area contributed by atoms with E-state index in [-0.39, 0.29) is 5.91 Å². The van der Waals surface area contributed by atoms with Gasteiger partial charge in [0.1, 0.15) is 0 Å². The lowest BCUT2D eigenvalue weighted by Gasteiger charge is -2.15. The van der Waals surface area contributed by atoms with Gasteiger partial charge in [-0.2, -0.15) is 0 Å². The van der Waals surface area contributed by atoms with Crippen LogP contribution in [0.15, 0.2) is 0 Å². The highest BCUT2D eigenvalue weighted by molar-refractivity contribution is 7.80. The Morgan fingerprint density at radius 2 is 2.27 bits per heavy atom. The lowest BCUT2D eigenvalue weighted by molar-refractivity contribution is -0.122. The van der Waals surface area contributed by atoms with Crippen LogP contribution in [0.1, 0.15) is 19.3 Å². The van der Waals surface area contributed by atoms with Gasteiger partial charge in [-0.25, -0.2) is 0 Å². The van der Waals surface area contributed by atoms with Crippen LogP contribution in [0.4, 0.5) is 0 Å². The van der Waals surface area contributed by atoms with Gasteiger partial charge in [0.05, 0.1) is 11.5 Å². The number of nitrogens with one attached hydrogen (secondary N) is 1. The molecule has 1 aliphatic carbocycles. The van der Waals surface area contributed by atoms with Crippen molar-refractivity contribution in [3.63, 3.8) is 0 Å². The van der Waals surface area contributed by atoms with Crippen molar-refractivity contribution >= 4 is 23.1 Å². The van der Waals surface area contributed by atoms with E-state index >= 15 is 0 Å². The zero-order chi connectivity index (χ0) is 11.3. The number of thiocarbonyl (C=S) groups is 1. The molecule has 0 aromatic carbocycles. The molecule has 0 atom stereocenters. The van der Waals surface area contributed by atoms with E-state index in [9.17, 15) is 4.79 Å². The Balaban J connectivity index is 2.04. The Hall–Kier alpha value is -0.680. The predicted molar refractivity (Wildman–Crippen MR) is 64.6 cm³/mol. The van der Waals surface area contributed by atoms with Crippen molar-refractivity contribution in [2.75, 3.05) is 26.7 Å². The van der Waals surface area contributed by atoms with Crippen molar-refractivity contribution in [1.29, 1.82) is 0 Å².